The summed E-state index contributed by atoms with van der Waals surface area (Å²) in [6, 6.07) is 7.17. The van der Waals surface area contributed by atoms with Gasteiger partial charge in [0.25, 0.3) is 0 Å². The lowest BCUT2D eigenvalue weighted by molar-refractivity contribution is 0.0665. The Kier molecular flexibility index (Phi) is 3.33. The molecule has 21 heavy (non-hydrogen) atoms. The molecule has 0 radical (unpaired) electrons. The Labute approximate surface area is 129 Å². The van der Waals surface area contributed by atoms with Crippen molar-refractivity contribution in [3.63, 3.8) is 0 Å². The highest BCUT2D eigenvalue weighted by Gasteiger charge is 2.12. The molecule has 0 saturated heterocycles. The van der Waals surface area contributed by atoms with Gasteiger partial charge in [-0.1, -0.05) is 6.07 Å². The number of fused-ring (bicyclic) bond motifs is 1. The molecular weight excluding hydrogens is 336 g/mol. The third-order valence-electron chi connectivity index (χ3n) is 3.42. The monoisotopic (exact) mass is 348 g/mol. The van der Waals surface area contributed by atoms with E-state index in [0.29, 0.717) is 12.1 Å². The van der Waals surface area contributed by atoms with Crippen molar-refractivity contribution in [2.45, 2.75) is 20.4 Å². The van der Waals surface area contributed by atoms with Crippen LogP contribution in [0.1, 0.15) is 27.5 Å². The molecule has 0 unspecified atom stereocenters. The van der Waals surface area contributed by atoms with E-state index in [1.54, 1.807) is 6.07 Å². The van der Waals surface area contributed by atoms with Crippen LogP contribution in [0.2, 0.25) is 0 Å². The van der Waals surface area contributed by atoms with Crippen LogP contribution in [-0.4, -0.2) is 20.9 Å². The van der Waals surface area contributed by atoms with Crippen molar-refractivity contribution in [3.8, 4) is 0 Å². The van der Waals surface area contributed by atoms with E-state index in [9.17, 15) is 4.79 Å². The Balaban J connectivity index is 1.97. The molecular formula is C15H13BrN2O3. The average Bonchev–Trinajstić information content (AvgIpc) is 2.96. The van der Waals surface area contributed by atoms with Crippen molar-refractivity contribution in [3.05, 3.63) is 51.4 Å². The van der Waals surface area contributed by atoms with Gasteiger partial charge in [-0.25, -0.2) is 4.79 Å². The molecule has 0 aliphatic rings. The van der Waals surface area contributed by atoms with Gasteiger partial charge in [-0.3, -0.25) is 4.68 Å². The molecule has 0 saturated carbocycles. The number of furan rings is 1. The summed E-state index contributed by atoms with van der Waals surface area (Å²) in [5.41, 5.74) is 3.63. The number of aromatic carboxylic acids is 1. The Bertz CT molecular complexity index is 848. The van der Waals surface area contributed by atoms with Gasteiger partial charge in [0.2, 0.25) is 5.76 Å². The summed E-state index contributed by atoms with van der Waals surface area (Å²) >= 11 is 3.51. The third-order valence-corrected chi connectivity index (χ3v) is 4.56. The van der Waals surface area contributed by atoms with E-state index in [4.69, 9.17) is 9.52 Å². The van der Waals surface area contributed by atoms with Crippen molar-refractivity contribution in [1.29, 1.82) is 0 Å². The maximum absolute atomic E-state index is 10.9. The molecule has 0 bridgehead atoms. The molecule has 0 aliphatic carbocycles. The van der Waals surface area contributed by atoms with Crippen LogP contribution in [0, 0.1) is 13.8 Å². The van der Waals surface area contributed by atoms with E-state index in [1.807, 2.05) is 30.7 Å². The molecule has 0 amide bonds. The van der Waals surface area contributed by atoms with Crippen LogP contribution in [0.3, 0.4) is 0 Å². The van der Waals surface area contributed by atoms with Gasteiger partial charge in [0, 0.05) is 5.39 Å². The first-order chi connectivity index (χ1) is 9.95. The summed E-state index contributed by atoms with van der Waals surface area (Å²) in [4.78, 5) is 10.9. The number of nitrogens with zero attached hydrogens (tertiary/aromatic N) is 2. The van der Waals surface area contributed by atoms with Crippen molar-refractivity contribution in [2.24, 2.45) is 0 Å². The largest absolute Gasteiger partial charge is 0.475 e. The van der Waals surface area contributed by atoms with Crippen LogP contribution in [0.15, 0.2) is 33.2 Å². The van der Waals surface area contributed by atoms with Crippen molar-refractivity contribution < 1.29 is 14.3 Å². The zero-order valence-electron chi connectivity index (χ0n) is 11.6. The van der Waals surface area contributed by atoms with Gasteiger partial charge < -0.3 is 9.52 Å². The predicted molar refractivity (Wildman–Crippen MR) is 81.7 cm³/mol. The van der Waals surface area contributed by atoms with Crippen LogP contribution >= 0.6 is 15.9 Å². The molecule has 3 aromatic rings. The Morgan fingerprint density at radius 2 is 2.14 bits per heavy atom. The number of aromatic nitrogens is 2. The summed E-state index contributed by atoms with van der Waals surface area (Å²) in [6.45, 7) is 4.58. The minimum atomic E-state index is -1.06. The van der Waals surface area contributed by atoms with Crippen molar-refractivity contribution >= 4 is 32.9 Å². The number of carboxylic acid groups (broad SMARTS) is 1. The van der Waals surface area contributed by atoms with E-state index in [0.717, 1.165) is 26.8 Å². The van der Waals surface area contributed by atoms with Crippen LogP contribution in [0.4, 0.5) is 0 Å². The molecule has 0 spiro atoms. The summed E-state index contributed by atoms with van der Waals surface area (Å²) in [5.74, 6) is -1.11. The number of hydrogen-bond acceptors (Lipinski definition) is 3. The third kappa shape index (κ3) is 2.47. The molecule has 1 aromatic carbocycles. The van der Waals surface area contributed by atoms with Gasteiger partial charge >= 0.3 is 5.97 Å². The van der Waals surface area contributed by atoms with Crippen LogP contribution in [0.5, 0.6) is 0 Å². The zero-order chi connectivity index (χ0) is 15.1. The average molecular weight is 349 g/mol. The number of rotatable bonds is 3. The summed E-state index contributed by atoms with van der Waals surface area (Å²) in [5, 5.41) is 14.2. The number of carbonyl (C=O) groups is 1. The van der Waals surface area contributed by atoms with E-state index >= 15 is 0 Å². The Morgan fingerprint density at radius 3 is 2.76 bits per heavy atom. The Hall–Kier alpha value is -2.08. The van der Waals surface area contributed by atoms with Gasteiger partial charge in [0.15, 0.2) is 0 Å². The molecule has 2 heterocycles. The molecule has 0 aliphatic heterocycles. The first-order valence-electron chi connectivity index (χ1n) is 6.41. The fourth-order valence-electron chi connectivity index (χ4n) is 2.30. The first kappa shape index (κ1) is 13.9. The van der Waals surface area contributed by atoms with E-state index < -0.39 is 5.97 Å². The maximum atomic E-state index is 10.9. The number of carboxylic acids is 1. The maximum Gasteiger partial charge on any atom is 0.371 e. The van der Waals surface area contributed by atoms with Gasteiger partial charge in [0.1, 0.15) is 5.58 Å². The zero-order valence-corrected chi connectivity index (χ0v) is 13.1. The van der Waals surface area contributed by atoms with Crippen molar-refractivity contribution in [1.82, 2.24) is 9.78 Å². The van der Waals surface area contributed by atoms with Crippen LogP contribution in [0.25, 0.3) is 11.0 Å². The molecule has 2 aromatic heterocycles. The van der Waals surface area contributed by atoms with E-state index in [2.05, 4.69) is 21.0 Å². The van der Waals surface area contributed by atoms with Crippen molar-refractivity contribution in [2.75, 3.05) is 0 Å². The fraction of sp³-hybridized carbons (Fsp3) is 0.200. The number of hydrogen-bond donors (Lipinski definition) is 1. The van der Waals surface area contributed by atoms with Gasteiger partial charge in [0.05, 0.1) is 22.4 Å². The first-order valence-corrected chi connectivity index (χ1v) is 7.20. The number of halogens is 1. The standard InChI is InChI=1S/C15H13BrN2O3/c1-8-14(16)9(2)18(17-8)7-10-3-4-12-11(5-10)6-13(21-12)15(19)20/h3-6H,7H2,1-2H3,(H,19,20). The molecule has 6 heteroatoms. The molecule has 5 nitrogen and oxygen atoms in total. The lowest BCUT2D eigenvalue weighted by Gasteiger charge is -2.04. The second-order valence-corrected chi connectivity index (χ2v) is 5.72. The second kappa shape index (κ2) is 5.04. The highest BCUT2D eigenvalue weighted by molar-refractivity contribution is 9.10. The summed E-state index contributed by atoms with van der Waals surface area (Å²) in [6.07, 6.45) is 0. The number of aryl methyl sites for hydroxylation is 1. The molecule has 108 valence electrons. The predicted octanol–water partition coefficient (Wildman–Crippen LogP) is 3.76. The van der Waals surface area contributed by atoms with Crippen LogP contribution < -0.4 is 0 Å². The smallest absolute Gasteiger partial charge is 0.371 e. The lowest BCUT2D eigenvalue weighted by Crippen LogP contribution is -2.03. The van der Waals surface area contributed by atoms with Gasteiger partial charge in [-0.05, 0) is 53.5 Å². The molecule has 0 atom stereocenters. The quantitative estimate of drug-likeness (QED) is 0.782. The SMILES string of the molecule is Cc1nn(Cc2ccc3oc(C(=O)O)cc3c2)c(C)c1Br. The summed E-state index contributed by atoms with van der Waals surface area (Å²) < 4.78 is 8.18. The summed E-state index contributed by atoms with van der Waals surface area (Å²) in [7, 11) is 0. The highest BCUT2D eigenvalue weighted by atomic mass is 79.9. The van der Waals surface area contributed by atoms with Crippen LogP contribution in [-0.2, 0) is 6.54 Å². The number of benzene rings is 1. The normalized spacial score (nSPS) is 11.2. The minimum absolute atomic E-state index is 0.0454. The molecule has 3 rings (SSSR count). The van der Waals surface area contributed by atoms with Gasteiger partial charge in [-0.2, -0.15) is 5.10 Å². The van der Waals surface area contributed by atoms with Gasteiger partial charge in [-0.15, -0.1) is 0 Å². The fourth-order valence-corrected chi connectivity index (χ4v) is 2.58. The second-order valence-electron chi connectivity index (χ2n) is 4.93. The minimum Gasteiger partial charge on any atom is -0.475 e. The van der Waals surface area contributed by atoms with E-state index in [1.165, 1.54) is 6.07 Å². The topological polar surface area (TPSA) is 68.3 Å². The lowest BCUT2D eigenvalue weighted by atomic mass is 10.1. The molecule has 0 fully saturated rings. The van der Waals surface area contributed by atoms with E-state index in [-0.39, 0.29) is 5.76 Å². The molecule has 1 N–H and O–H groups in total. The Morgan fingerprint density at radius 1 is 1.38 bits per heavy atom. The highest BCUT2D eigenvalue weighted by Crippen LogP contribution is 2.23.